The minimum absolute atomic E-state index is 0.591. The Bertz CT molecular complexity index is 544. The van der Waals surface area contributed by atoms with Crippen LogP contribution >= 0.6 is 0 Å². The number of aryl methyl sites for hydroxylation is 1. The van der Waals surface area contributed by atoms with Crippen LogP contribution in [0.25, 0.3) is 0 Å². The zero-order valence-electron chi connectivity index (χ0n) is 11.9. The molecule has 1 unspecified atom stereocenters. The lowest BCUT2D eigenvalue weighted by Crippen LogP contribution is -2.22. The SMILES string of the molecule is Cc1cn(CC2CCCOC2)c(Nc2ccccc2)n1. The third-order valence-corrected chi connectivity index (χ3v) is 3.64. The van der Waals surface area contributed by atoms with Crippen LogP contribution in [0, 0.1) is 12.8 Å². The van der Waals surface area contributed by atoms with Crippen molar-refractivity contribution in [3.8, 4) is 0 Å². The van der Waals surface area contributed by atoms with Crippen LogP contribution in [0.4, 0.5) is 11.6 Å². The molecule has 1 fully saturated rings. The number of nitrogens with one attached hydrogen (secondary N) is 1. The Morgan fingerprint density at radius 2 is 2.20 bits per heavy atom. The molecule has 0 radical (unpaired) electrons. The molecule has 3 rings (SSSR count). The quantitative estimate of drug-likeness (QED) is 0.926. The van der Waals surface area contributed by atoms with E-state index >= 15 is 0 Å². The van der Waals surface area contributed by atoms with Gasteiger partial charge in [0.1, 0.15) is 0 Å². The maximum absolute atomic E-state index is 5.57. The van der Waals surface area contributed by atoms with Gasteiger partial charge in [-0.05, 0) is 31.9 Å². The third-order valence-electron chi connectivity index (χ3n) is 3.64. The van der Waals surface area contributed by atoms with E-state index in [2.05, 4.69) is 33.2 Å². The van der Waals surface area contributed by atoms with Gasteiger partial charge in [0.2, 0.25) is 5.95 Å². The molecule has 1 aliphatic rings. The molecule has 1 aromatic heterocycles. The maximum Gasteiger partial charge on any atom is 0.207 e. The van der Waals surface area contributed by atoms with Gasteiger partial charge in [-0.2, -0.15) is 0 Å². The summed E-state index contributed by atoms with van der Waals surface area (Å²) in [5.74, 6) is 1.51. The molecule has 0 spiro atoms. The smallest absolute Gasteiger partial charge is 0.207 e. The van der Waals surface area contributed by atoms with Gasteiger partial charge in [-0.15, -0.1) is 0 Å². The number of aromatic nitrogens is 2. The molecule has 1 aromatic carbocycles. The first-order valence-corrected chi connectivity index (χ1v) is 7.25. The number of benzene rings is 1. The lowest BCUT2D eigenvalue weighted by atomic mass is 10.0. The van der Waals surface area contributed by atoms with E-state index in [-0.39, 0.29) is 0 Å². The van der Waals surface area contributed by atoms with Crippen LogP contribution in [-0.4, -0.2) is 22.8 Å². The molecule has 0 saturated carbocycles. The molecule has 1 atom stereocenters. The average molecular weight is 271 g/mol. The van der Waals surface area contributed by atoms with Crippen LogP contribution in [0.2, 0.25) is 0 Å². The molecule has 2 aromatic rings. The van der Waals surface area contributed by atoms with Crippen LogP contribution in [0.1, 0.15) is 18.5 Å². The highest BCUT2D eigenvalue weighted by Gasteiger charge is 2.16. The van der Waals surface area contributed by atoms with Crippen molar-refractivity contribution in [3.63, 3.8) is 0 Å². The van der Waals surface area contributed by atoms with Crippen LogP contribution in [0.15, 0.2) is 36.5 Å². The Labute approximate surface area is 119 Å². The molecule has 1 aliphatic heterocycles. The second kappa shape index (κ2) is 6.09. The normalized spacial score (nSPS) is 18.9. The topological polar surface area (TPSA) is 39.1 Å². The number of imidazole rings is 1. The Kier molecular flexibility index (Phi) is 4.02. The van der Waals surface area contributed by atoms with E-state index in [1.807, 2.05) is 25.1 Å². The highest BCUT2D eigenvalue weighted by molar-refractivity contribution is 5.53. The highest BCUT2D eigenvalue weighted by Crippen LogP contribution is 2.21. The number of para-hydroxylation sites is 1. The minimum Gasteiger partial charge on any atom is -0.381 e. The van der Waals surface area contributed by atoms with E-state index < -0.39 is 0 Å². The maximum atomic E-state index is 5.57. The monoisotopic (exact) mass is 271 g/mol. The van der Waals surface area contributed by atoms with Gasteiger partial charge in [-0.25, -0.2) is 4.98 Å². The highest BCUT2D eigenvalue weighted by atomic mass is 16.5. The van der Waals surface area contributed by atoms with Gasteiger partial charge < -0.3 is 14.6 Å². The van der Waals surface area contributed by atoms with E-state index in [0.717, 1.165) is 37.1 Å². The van der Waals surface area contributed by atoms with E-state index in [4.69, 9.17) is 4.74 Å². The minimum atomic E-state index is 0.591. The fourth-order valence-corrected chi connectivity index (χ4v) is 2.67. The fraction of sp³-hybridized carbons (Fsp3) is 0.438. The molecule has 0 aliphatic carbocycles. The van der Waals surface area contributed by atoms with Crippen molar-refractivity contribution in [2.75, 3.05) is 18.5 Å². The van der Waals surface area contributed by atoms with Crippen LogP contribution in [-0.2, 0) is 11.3 Å². The zero-order chi connectivity index (χ0) is 13.8. The van der Waals surface area contributed by atoms with E-state index in [1.54, 1.807) is 0 Å². The van der Waals surface area contributed by atoms with E-state index in [0.29, 0.717) is 5.92 Å². The number of rotatable bonds is 4. The first-order chi connectivity index (χ1) is 9.81. The van der Waals surface area contributed by atoms with Gasteiger partial charge in [-0.3, -0.25) is 0 Å². The molecule has 0 amide bonds. The predicted octanol–water partition coefficient (Wildman–Crippen LogP) is 3.36. The summed E-state index contributed by atoms with van der Waals surface area (Å²) >= 11 is 0. The van der Waals surface area contributed by atoms with Gasteiger partial charge in [0.15, 0.2) is 0 Å². The van der Waals surface area contributed by atoms with Crippen molar-refractivity contribution in [3.05, 3.63) is 42.2 Å². The van der Waals surface area contributed by atoms with Crippen molar-refractivity contribution in [2.45, 2.75) is 26.3 Å². The van der Waals surface area contributed by atoms with Crippen LogP contribution in [0.3, 0.4) is 0 Å². The summed E-state index contributed by atoms with van der Waals surface area (Å²) < 4.78 is 7.78. The summed E-state index contributed by atoms with van der Waals surface area (Å²) in [5.41, 5.74) is 2.11. The fourth-order valence-electron chi connectivity index (χ4n) is 2.67. The summed E-state index contributed by atoms with van der Waals surface area (Å²) in [7, 11) is 0. The lowest BCUT2D eigenvalue weighted by Gasteiger charge is -2.23. The van der Waals surface area contributed by atoms with Crippen LogP contribution in [0.5, 0.6) is 0 Å². The number of ether oxygens (including phenoxy) is 1. The van der Waals surface area contributed by atoms with Crippen LogP contribution < -0.4 is 5.32 Å². The Hall–Kier alpha value is -1.81. The van der Waals surface area contributed by atoms with Gasteiger partial charge in [0.25, 0.3) is 0 Å². The first-order valence-electron chi connectivity index (χ1n) is 7.25. The largest absolute Gasteiger partial charge is 0.381 e. The molecule has 1 N–H and O–H groups in total. The Morgan fingerprint density at radius 3 is 2.95 bits per heavy atom. The van der Waals surface area contributed by atoms with E-state index in [1.165, 1.54) is 12.8 Å². The van der Waals surface area contributed by atoms with Crippen molar-refractivity contribution < 1.29 is 4.74 Å². The number of nitrogens with zero attached hydrogens (tertiary/aromatic N) is 2. The standard InChI is InChI=1S/C16H21N3O/c1-13-10-19(11-14-6-5-9-20-12-14)16(17-13)18-15-7-3-2-4-8-15/h2-4,7-8,10,14H,5-6,9,11-12H2,1H3,(H,17,18). The zero-order valence-corrected chi connectivity index (χ0v) is 11.9. The predicted molar refractivity (Wildman–Crippen MR) is 80.2 cm³/mol. The third kappa shape index (κ3) is 3.20. The summed E-state index contributed by atoms with van der Waals surface area (Å²) in [5, 5.41) is 3.39. The Morgan fingerprint density at radius 1 is 1.35 bits per heavy atom. The van der Waals surface area contributed by atoms with Crippen molar-refractivity contribution in [2.24, 2.45) is 5.92 Å². The first kappa shape index (κ1) is 13.2. The van der Waals surface area contributed by atoms with Gasteiger partial charge in [0.05, 0.1) is 12.3 Å². The van der Waals surface area contributed by atoms with Gasteiger partial charge in [0, 0.05) is 31.0 Å². The summed E-state index contributed by atoms with van der Waals surface area (Å²) in [6.07, 6.45) is 4.52. The number of hydrogen-bond donors (Lipinski definition) is 1. The summed E-state index contributed by atoms with van der Waals surface area (Å²) in [4.78, 5) is 4.58. The molecular weight excluding hydrogens is 250 g/mol. The second-order valence-electron chi connectivity index (χ2n) is 5.43. The molecule has 2 heterocycles. The van der Waals surface area contributed by atoms with Crippen molar-refractivity contribution in [1.82, 2.24) is 9.55 Å². The lowest BCUT2D eigenvalue weighted by molar-refractivity contribution is 0.0486. The molecule has 0 bridgehead atoms. The molecule has 20 heavy (non-hydrogen) atoms. The van der Waals surface area contributed by atoms with Gasteiger partial charge >= 0.3 is 0 Å². The summed E-state index contributed by atoms with van der Waals surface area (Å²) in [6.45, 7) is 4.77. The van der Waals surface area contributed by atoms with Crippen molar-refractivity contribution in [1.29, 1.82) is 0 Å². The Balaban J connectivity index is 1.73. The molecule has 1 saturated heterocycles. The second-order valence-corrected chi connectivity index (χ2v) is 5.43. The average Bonchev–Trinajstić information content (AvgIpc) is 2.81. The number of hydrogen-bond acceptors (Lipinski definition) is 3. The number of anilines is 2. The van der Waals surface area contributed by atoms with Gasteiger partial charge in [-0.1, -0.05) is 18.2 Å². The molecule has 106 valence electrons. The summed E-state index contributed by atoms with van der Waals surface area (Å²) in [6, 6.07) is 10.2. The van der Waals surface area contributed by atoms with E-state index in [9.17, 15) is 0 Å². The molecule has 4 heteroatoms. The van der Waals surface area contributed by atoms with Crippen molar-refractivity contribution >= 4 is 11.6 Å². The molecular formula is C16H21N3O. The molecule has 4 nitrogen and oxygen atoms in total.